The van der Waals surface area contributed by atoms with E-state index < -0.39 is 0 Å². The second-order valence-electron chi connectivity index (χ2n) is 6.87. The quantitative estimate of drug-likeness (QED) is 0.662. The van der Waals surface area contributed by atoms with Gasteiger partial charge in [-0.25, -0.2) is 14.6 Å². The normalized spacial score (nSPS) is 17.3. The number of anilines is 1. The van der Waals surface area contributed by atoms with Crippen LogP contribution in [0.5, 0.6) is 0 Å². The molecule has 7 nitrogen and oxygen atoms in total. The lowest BCUT2D eigenvalue weighted by molar-refractivity contribution is -0.148. The molecular weight excluding hydrogens is 342 g/mol. The summed E-state index contributed by atoms with van der Waals surface area (Å²) in [7, 11) is 0. The summed E-state index contributed by atoms with van der Waals surface area (Å²) in [5.74, 6) is 0.589. The Morgan fingerprint density at radius 2 is 2.22 bits per heavy atom. The van der Waals surface area contributed by atoms with Crippen molar-refractivity contribution < 1.29 is 9.53 Å². The number of benzene rings is 1. The van der Waals surface area contributed by atoms with Crippen LogP contribution in [0.2, 0.25) is 0 Å². The lowest BCUT2D eigenvalue weighted by atomic mass is 9.98. The number of rotatable bonds is 4. The summed E-state index contributed by atoms with van der Waals surface area (Å²) in [6, 6.07) is 8.15. The number of fused-ring (bicyclic) bond motifs is 1. The van der Waals surface area contributed by atoms with Crippen molar-refractivity contribution >= 4 is 22.8 Å². The number of aryl methyl sites for hydroxylation is 1. The van der Waals surface area contributed by atoms with Crippen LogP contribution in [0, 0.1) is 12.8 Å². The molecule has 1 aliphatic heterocycles. The van der Waals surface area contributed by atoms with E-state index in [0.717, 1.165) is 41.9 Å². The van der Waals surface area contributed by atoms with Gasteiger partial charge < -0.3 is 9.64 Å². The van der Waals surface area contributed by atoms with Gasteiger partial charge in [0, 0.05) is 13.1 Å². The van der Waals surface area contributed by atoms with E-state index in [1.165, 1.54) is 5.56 Å². The molecule has 1 aliphatic rings. The zero-order chi connectivity index (χ0) is 18.8. The standard InChI is InChI=1S/C20H23N5O2/c1-3-27-20(26)15-7-5-9-24(12-15)18-17-11-23-25(19(17)22-13-21-18)16-8-4-6-14(2)10-16/h4,6,8,10-11,13,15H,3,5,7,9,12H2,1-2H3/t15-/m0/s1. The molecule has 140 valence electrons. The second kappa shape index (κ2) is 7.34. The minimum Gasteiger partial charge on any atom is -0.466 e. The molecule has 0 radical (unpaired) electrons. The van der Waals surface area contributed by atoms with Gasteiger partial charge >= 0.3 is 5.97 Å². The highest BCUT2D eigenvalue weighted by molar-refractivity contribution is 5.88. The number of esters is 1. The summed E-state index contributed by atoms with van der Waals surface area (Å²) in [5.41, 5.74) is 2.90. The van der Waals surface area contributed by atoms with Crippen molar-refractivity contribution in [2.24, 2.45) is 5.92 Å². The number of hydrogen-bond donors (Lipinski definition) is 0. The first kappa shape index (κ1) is 17.5. The molecule has 3 heterocycles. The lowest BCUT2D eigenvalue weighted by Crippen LogP contribution is -2.40. The number of nitrogens with zero attached hydrogens (tertiary/aromatic N) is 5. The van der Waals surface area contributed by atoms with Gasteiger partial charge in [-0.3, -0.25) is 4.79 Å². The minimum absolute atomic E-state index is 0.115. The van der Waals surface area contributed by atoms with E-state index in [2.05, 4.69) is 39.0 Å². The van der Waals surface area contributed by atoms with Crippen LogP contribution in [0.25, 0.3) is 16.7 Å². The Balaban J connectivity index is 1.68. The average Bonchev–Trinajstić information content (AvgIpc) is 3.12. The molecule has 27 heavy (non-hydrogen) atoms. The van der Waals surface area contributed by atoms with E-state index in [4.69, 9.17) is 4.74 Å². The fourth-order valence-corrected chi connectivity index (χ4v) is 3.65. The highest BCUT2D eigenvalue weighted by atomic mass is 16.5. The first-order chi connectivity index (χ1) is 13.2. The maximum atomic E-state index is 12.2. The maximum Gasteiger partial charge on any atom is 0.310 e. The van der Waals surface area contributed by atoms with E-state index in [-0.39, 0.29) is 11.9 Å². The van der Waals surface area contributed by atoms with Crippen molar-refractivity contribution in [2.45, 2.75) is 26.7 Å². The minimum atomic E-state index is -0.122. The number of carbonyl (C=O) groups is 1. The molecule has 1 fully saturated rings. The second-order valence-corrected chi connectivity index (χ2v) is 6.87. The molecule has 0 saturated carbocycles. The largest absolute Gasteiger partial charge is 0.466 e. The van der Waals surface area contributed by atoms with Crippen LogP contribution in [-0.2, 0) is 9.53 Å². The van der Waals surface area contributed by atoms with Gasteiger partial charge in [-0.2, -0.15) is 5.10 Å². The van der Waals surface area contributed by atoms with Gasteiger partial charge in [0.25, 0.3) is 0 Å². The fraction of sp³-hybridized carbons (Fsp3) is 0.400. The summed E-state index contributed by atoms with van der Waals surface area (Å²) >= 11 is 0. The van der Waals surface area contributed by atoms with E-state index in [1.54, 1.807) is 12.5 Å². The molecule has 0 bridgehead atoms. The zero-order valence-corrected chi connectivity index (χ0v) is 15.6. The predicted octanol–water partition coefficient (Wildman–Crippen LogP) is 2.90. The number of carbonyl (C=O) groups excluding carboxylic acids is 1. The Hall–Kier alpha value is -2.96. The highest BCUT2D eigenvalue weighted by Crippen LogP contribution is 2.29. The third kappa shape index (κ3) is 3.37. The molecule has 4 rings (SSSR count). The SMILES string of the molecule is CCOC(=O)[C@H]1CCCN(c2ncnc3c2cnn3-c2cccc(C)c2)C1. The van der Waals surface area contributed by atoms with Crippen molar-refractivity contribution in [1.82, 2.24) is 19.7 Å². The van der Waals surface area contributed by atoms with Crippen LogP contribution in [0.1, 0.15) is 25.3 Å². The maximum absolute atomic E-state index is 12.2. The van der Waals surface area contributed by atoms with E-state index in [9.17, 15) is 4.79 Å². The van der Waals surface area contributed by atoms with Gasteiger partial charge in [0.05, 0.1) is 29.8 Å². The third-order valence-electron chi connectivity index (χ3n) is 4.93. The molecule has 1 atom stereocenters. The van der Waals surface area contributed by atoms with Crippen molar-refractivity contribution in [1.29, 1.82) is 0 Å². The molecule has 0 aliphatic carbocycles. The van der Waals surface area contributed by atoms with E-state index in [1.807, 2.05) is 23.7 Å². The molecule has 7 heteroatoms. The summed E-state index contributed by atoms with van der Waals surface area (Å²) in [4.78, 5) is 23.3. The predicted molar refractivity (Wildman–Crippen MR) is 103 cm³/mol. The topological polar surface area (TPSA) is 73.1 Å². The van der Waals surface area contributed by atoms with Crippen LogP contribution in [0.15, 0.2) is 36.8 Å². The summed E-state index contributed by atoms with van der Waals surface area (Å²) in [6.45, 7) is 5.78. The molecule has 0 unspecified atom stereocenters. The van der Waals surface area contributed by atoms with Gasteiger partial charge in [0.15, 0.2) is 5.65 Å². The van der Waals surface area contributed by atoms with Crippen LogP contribution < -0.4 is 4.90 Å². The van der Waals surface area contributed by atoms with Crippen molar-refractivity contribution in [3.8, 4) is 5.69 Å². The van der Waals surface area contributed by atoms with Crippen LogP contribution in [0.4, 0.5) is 5.82 Å². The Kier molecular flexibility index (Phi) is 4.75. The molecule has 1 aromatic carbocycles. The number of aromatic nitrogens is 4. The van der Waals surface area contributed by atoms with Crippen molar-refractivity contribution in [3.63, 3.8) is 0 Å². The molecule has 0 amide bonds. The van der Waals surface area contributed by atoms with Gasteiger partial charge in [-0.05, 0) is 44.4 Å². The molecule has 3 aromatic rings. The fourth-order valence-electron chi connectivity index (χ4n) is 3.65. The number of ether oxygens (including phenoxy) is 1. The average molecular weight is 365 g/mol. The monoisotopic (exact) mass is 365 g/mol. The third-order valence-corrected chi connectivity index (χ3v) is 4.93. The lowest BCUT2D eigenvalue weighted by Gasteiger charge is -2.32. The van der Waals surface area contributed by atoms with E-state index >= 15 is 0 Å². The Labute approximate surface area is 158 Å². The van der Waals surface area contributed by atoms with Crippen LogP contribution in [0.3, 0.4) is 0 Å². The van der Waals surface area contributed by atoms with Crippen LogP contribution >= 0.6 is 0 Å². The summed E-state index contributed by atoms with van der Waals surface area (Å²) in [5, 5.41) is 5.43. The van der Waals surface area contributed by atoms with Crippen LogP contribution in [-0.4, -0.2) is 45.4 Å². The highest BCUT2D eigenvalue weighted by Gasteiger charge is 2.29. The van der Waals surface area contributed by atoms with E-state index in [0.29, 0.717) is 13.2 Å². The smallest absolute Gasteiger partial charge is 0.310 e. The van der Waals surface area contributed by atoms with Gasteiger partial charge in [0.2, 0.25) is 0 Å². The molecular formula is C20H23N5O2. The zero-order valence-electron chi connectivity index (χ0n) is 15.6. The first-order valence-electron chi connectivity index (χ1n) is 9.34. The summed E-state index contributed by atoms with van der Waals surface area (Å²) in [6.07, 6.45) is 5.16. The Bertz CT molecular complexity index is 968. The van der Waals surface area contributed by atoms with Gasteiger partial charge in [-0.15, -0.1) is 0 Å². The Morgan fingerprint density at radius 1 is 1.33 bits per heavy atom. The first-order valence-corrected chi connectivity index (χ1v) is 9.34. The van der Waals surface area contributed by atoms with Crippen molar-refractivity contribution in [2.75, 3.05) is 24.6 Å². The summed E-state index contributed by atoms with van der Waals surface area (Å²) < 4.78 is 7.04. The Morgan fingerprint density at radius 3 is 3.04 bits per heavy atom. The number of hydrogen-bond acceptors (Lipinski definition) is 6. The molecule has 2 aromatic heterocycles. The van der Waals surface area contributed by atoms with Gasteiger partial charge in [-0.1, -0.05) is 12.1 Å². The van der Waals surface area contributed by atoms with Gasteiger partial charge in [0.1, 0.15) is 12.1 Å². The molecule has 0 spiro atoms. The van der Waals surface area contributed by atoms with Crippen molar-refractivity contribution in [3.05, 3.63) is 42.4 Å². The number of piperidine rings is 1. The molecule has 0 N–H and O–H groups in total. The molecule has 1 saturated heterocycles.